The van der Waals surface area contributed by atoms with Gasteiger partial charge in [-0.1, -0.05) is 0 Å². The minimum Gasteiger partial charge on any atom is -0.393 e. The largest absolute Gasteiger partial charge is 0.433 e. The molecule has 0 aliphatic heterocycles. The Balaban J connectivity index is 1.88. The van der Waals surface area contributed by atoms with Crippen LogP contribution in [0.1, 0.15) is 23.2 Å². The van der Waals surface area contributed by atoms with Gasteiger partial charge in [-0.3, -0.25) is 10.2 Å². The zero-order valence-electron chi connectivity index (χ0n) is 13.9. The van der Waals surface area contributed by atoms with Crippen LogP contribution in [0.4, 0.5) is 13.2 Å². The number of hydrogen-bond donors (Lipinski definition) is 3. The van der Waals surface area contributed by atoms with Crippen LogP contribution in [-0.4, -0.2) is 36.6 Å². The zero-order valence-corrected chi connectivity index (χ0v) is 13.9. The van der Waals surface area contributed by atoms with Crippen LogP contribution < -0.4 is 0 Å². The van der Waals surface area contributed by atoms with E-state index >= 15 is 0 Å². The number of aromatic nitrogens is 5. The van der Waals surface area contributed by atoms with Crippen molar-refractivity contribution in [3.05, 3.63) is 41.3 Å². The lowest BCUT2D eigenvalue weighted by molar-refractivity contribution is -0.140. The van der Waals surface area contributed by atoms with Crippen molar-refractivity contribution in [2.45, 2.75) is 31.5 Å². The summed E-state index contributed by atoms with van der Waals surface area (Å²) in [4.78, 5) is 4.56. The van der Waals surface area contributed by atoms with Crippen molar-refractivity contribution < 1.29 is 18.3 Å². The average Bonchev–Trinajstić information content (AvgIpc) is 3.29. The van der Waals surface area contributed by atoms with Crippen LogP contribution in [-0.2, 0) is 19.0 Å². The fourth-order valence-electron chi connectivity index (χ4n) is 3.95. The molecule has 0 bridgehead atoms. The molecule has 3 N–H and O–H groups in total. The molecule has 9 heteroatoms. The van der Waals surface area contributed by atoms with Gasteiger partial charge in [0.1, 0.15) is 5.69 Å². The molecule has 5 rings (SSSR count). The number of aryl methyl sites for hydroxylation is 1. The van der Waals surface area contributed by atoms with Crippen LogP contribution in [0, 0.1) is 0 Å². The number of aromatic amines is 2. The first-order valence-corrected chi connectivity index (χ1v) is 8.50. The number of H-pyrrole nitrogens is 2. The number of alkyl halides is 3. The highest BCUT2D eigenvalue weighted by Crippen LogP contribution is 2.41. The molecule has 0 radical (unpaired) electrons. The normalized spacial score (nSPS) is 17.6. The molecule has 4 aromatic rings. The van der Waals surface area contributed by atoms with Gasteiger partial charge in [-0.05, 0) is 36.1 Å². The van der Waals surface area contributed by atoms with Crippen molar-refractivity contribution in [3.8, 4) is 11.3 Å². The van der Waals surface area contributed by atoms with Crippen molar-refractivity contribution in [1.82, 2.24) is 25.4 Å². The molecule has 1 aliphatic rings. The molecule has 0 amide bonds. The highest BCUT2D eigenvalue weighted by molar-refractivity contribution is 6.07. The Morgan fingerprint density at radius 1 is 1.07 bits per heavy atom. The summed E-state index contributed by atoms with van der Waals surface area (Å²) in [6.45, 7) is 0. The van der Waals surface area contributed by atoms with Crippen molar-refractivity contribution >= 4 is 21.8 Å². The third-order valence-electron chi connectivity index (χ3n) is 5.13. The third-order valence-corrected chi connectivity index (χ3v) is 5.13. The number of nitrogens with one attached hydrogen (secondary N) is 2. The van der Waals surface area contributed by atoms with Crippen molar-refractivity contribution in [2.24, 2.45) is 0 Å². The van der Waals surface area contributed by atoms with E-state index in [1.54, 1.807) is 12.3 Å². The summed E-state index contributed by atoms with van der Waals surface area (Å²) in [5.74, 6) is 0. The minimum atomic E-state index is -4.57. The van der Waals surface area contributed by atoms with Crippen LogP contribution in [0.2, 0.25) is 0 Å². The molecule has 6 nitrogen and oxygen atoms in total. The minimum absolute atomic E-state index is 0.0953. The summed E-state index contributed by atoms with van der Waals surface area (Å²) in [6.07, 6.45) is -0.969. The van der Waals surface area contributed by atoms with Crippen LogP contribution in [0.15, 0.2) is 24.5 Å². The number of aliphatic hydroxyl groups is 1. The number of pyridine rings is 1. The number of hydrogen-bond acceptors (Lipinski definition) is 4. The summed E-state index contributed by atoms with van der Waals surface area (Å²) >= 11 is 0. The van der Waals surface area contributed by atoms with E-state index in [1.165, 1.54) is 0 Å². The summed E-state index contributed by atoms with van der Waals surface area (Å²) in [5.41, 5.74) is 2.19. The quantitative estimate of drug-likeness (QED) is 0.477. The van der Waals surface area contributed by atoms with Crippen LogP contribution in [0.5, 0.6) is 0 Å². The fourth-order valence-corrected chi connectivity index (χ4v) is 3.95. The SMILES string of the molecule is OC1CCc2c(c(-c3cn[nH]c3C(F)(F)F)nc3ccc4[nH]ncc4c23)C1. The maximum atomic E-state index is 13.4. The van der Waals surface area contributed by atoms with E-state index in [0.29, 0.717) is 23.9 Å². The Morgan fingerprint density at radius 2 is 1.89 bits per heavy atom. The van der Waals surface area contributed by atoms with E-state index in [-0.39, 0.29) is 17.7 Å². The molecule has 0 saturated heterocycles. The highest BCUT2D eigenvalue weighted by atomic mass is 19.4. The van der Waals surface area contributed by atoms with E-state index in [4.69, 9.17) is 0 Å². The molecule has 0 saturated carbocycles. The smallest absolute Gasteiger partial charge is 0.393 e. The Kier molecular flexibility index (Phi) is 3.33. The lowest BCUT2D eigenvalue weighted by Gasteiger charge is -2.25. The summed E-state index contributed by atoms with van der Waals surface area (Å²) in [6, 6.07) is 3.59. The van der Waals surface area contributed by atoms with Crippen LogP contribution in [0.25, 0.3) is 33.1 Å². The average molecular weight is 373 g/mol. The molecule has 1 atom stereocenters. The van der Waals surface area contributed by atoms with E-state index in [9.17, 15) is 18.3 Å². The van der Waals surface area contributed by atoms with E-state index in [1.807, 2.05) is 11.2 Å². The molecule has 0 fully saturated rings. The number of rotatable bonds is 1. The molecule has 3 heterocycles. The molecule has 0 spiro atoms. The van der Waals surface area contributed by atoms with Gasteiger partial charge in [-0.2, -0.15) is 23.4 Å². The second kappa shape index (κ2) is 5.53. The van der Waals surface area contributed by atoms with Gasteiger partial charge in [-0.15, -0.1) is 0 Å². The molecular formula is C18H14F3N5O. The monoisotopic (exact) mass is 373 g/mol. The number of fused-ring (bicyclic) bond motifs is 5. The Morgan fingerprint density at radius 3 is 2.70 bits per heavy atom. The molecule has 1 unspecified atom stereocenters. The zero-order chi connectivity index (χ0) is 18.8. The highest BCUT2D eigenvalue weighted by Gasteiger charge is 2.37. The van der Waals surface area contributed by atoms with Crippen molar-refractivity contribution in [1.29, 1.82) is 0 Å². The Hall–Kier alpha value is -2.94. The van der Waals surface area contributed by atoms with Crippen molar-refractivity contribution in [2.75, 3.05) is 0 Å². The number of nitrogens with zero attached hydrogens (tertiary/aromatic N) is 3. The van der Waals surface area contributed by atoms with Gasteiger partial charge in [0.25, 0.3) is 0 Å². The van der Waals surface area contributed by atoms with Gasteiger partial charge >= 0.3 is 6.18 Å². The first kappa shape index (κ1) is 16.2. The van der Waals surface area contributed by atoms with E-state index < -0.39 is 18.0 Å². The lowest BCUT2D eigenvalue weighted by Crippen LogP contribution is -2.21. The maximum Gasteiger partial charge on any atom is 0.433 e. The molecule has 27 heavy (non-hydrogen) atoms. The van der Waals surface area contributed by atoms with Gasteiger partial charge in [-0.25, -0.2) is 4.98 Å². The van der Waals surface area contributed by atoms with E-state index in [2.05, 4.69) is 20.3 Å². The number of aliphatic hydroxyl groups excluding tert-OH is 1. The van der Waals surface area contributed by atoms with Gasteiger partial charge in [0.05, 0.1) is 40.8 Å². The molecule has 1 aromatic carbocycles. The molecular weight excluding hydrogens is 359 g/mol. The topological polar surface area (TPSA) is 90.5 Å². The van der Waals surface area contributed by atoms with Gasteiger partial charge < -0.3 is 5.11 Å². The van der Waals surface area contributed by atoms with Crippen LogP contribution >= 0.6 is 0 Å². The fraction of sp³-hybridized carbons (Fsp3) is 0.278. The second-order valence-electron chi connectivity index (χ2n) is 6.76. The Labute approximate surface area is 150 Å². The lowest BCUT2D eigenvalue weighted by atomic mass is 9.84. The van der Waals surface area contributed by atoms with Crippen LogP contribution in [0.3, 0.4) is 0 Å². The standard InChI is InChI=1S/C18H14F3N5O/c19-18(20,21)17-12(7-23-26-17)16-10-5-8(27)1-2-9(10)15-11-6-22-25-13(11)3-4-14(15)24-16/h3-4,6-8,27H,1-2,5H2,(H,22,25)(H,23,26). The summed E-state index contributed by atoms with van der Waals surface area (Å²) in [7, 11) is 0. The Bertz CT molecular complexity index is 1180. The first-order chi connectivity index (χ1) is 12.9. The van der Waals surface area contributed by atoms with Gasteiger partial charge in [0.15, 0.2) is 0 Å². The first-order valence-electron chi connectivity index (χ1n) is 8.50. The van der Waals surface area contributed by atoms with Gasteiger partial charge in [0, 0.05) is 17.2 Å². The summed E-state index contributed by atoms with van der Waals surface area (Å²) < 4.78 is 40.2. The van der Waals surface area contributed by atoms with E-state index in [0.717, 1.165) is 28.0 Å². The van der Waals surface area contributed by atoms with Gasteiger partial charge in [0.2, 0.25) is 0 Å². The molecule has 138 valence electrons. The third kappa shape index (κ3) is 2.42. The number of halogens is 3. The van der Waals surface area contributed by atoms with Crippen molar-refractivity contribution in [3.63, 3.8) is 0 Å². The summed E-state index contributed by atoms with van der Waals surface area (Å²) in [5, 5.41) is 24.5. The predicted molar refractivity (Wildman–Crippen MR) is 92.0 cm³/mol. The second-order valence-corrected chi connectivity index (χ2v) is 6.76. The molecule has 1 aliphatic carbocycles. The maximum absolute atomic E-state index is 13.4. The number of benzene rings is 1. The predicted octanol–water partition coefficient (Wildman–Crippen LogP) is 3.37. The molecule has 3 aromatic heterocycles.